The second-order valence-corrected chi connectivity index (χ2v) is 8.76. The van der Waals surface area contributed by atoms with Crippen LogP contribution < -0.4 is 4.59 Å². The lowest BCUT2D eigenvalue weighted by Gasteiger charge is -2.26. The molecule has 10 heteroatoms. The molecule has 1 fully saturated rings. The van der Waals surface area contributed by atoms with Crippen LogP contribution in [0, 0.1) is 6.92 Å². The Labute approximate surface area is 182 Å². The number of morpholine rings is 1. The standard InChI is InChI=1S/C19H20Cl2N5O2S/c1-12-10-22-24-26(12,11-14-3-4-15(20)16(21)9-14)19-23-13(2)17(29-19)18(27)25-5-7-28-8-6-25/h3-4,9-10H,5-8,11H2,1-2H3/q+1. The fourth-order valence-corrected chi connectivity index (χ4v) is 4.82. The van der Waals surface area contributed by atoms with E-state index < -0.39 is 0 Å². The molecule has 7 nitrogen and oxygen atoms in total. The summed E-state index contributed by atoms with van der Waals surface area (Å²) in [5.74, 6) is -0.0139. The van der Waals surface area contributed by atoms with Crippen LogP contribution in [0.3, 0.4) is 0 Å². The number of hydrogen-bond acceptors (Lipinski definition) is 6. The third-order valence-corrected chi connectivity index (χ3v) is 7.01. The Morgan fingerprint density at radius 1 is 1.24 bits per heavy atom. The van der Waals surface area contributed by atoms with Gasteiger partial charge >= 0.3 is 5.13 Å². The number of hydrogen-bond donors (Lipinski definition) is 0. The van der Waals surface area contributed by atoms with Crippen LogP contribution >= 0.6 is 34.5 Å². The van der Waals surface area contributed by atoms with Crippen LogP contribution in [0.4, 0.5) is 5.13 Å². The van der Waals surface area contributed by atoms with Crippen molar-refractivity contribution in [1.29, 1.82) is 0 Å². The molecule has 2 aliphatic heterocycles. The number of ether oxygens (including phenoxy) is 1. The van der Waals surface area contributed by atoms with Gasteiger partial charge in [-0.2, -0.15) is 4.98 Å². The highest BCUT2D eigenvalue weighted by atomic mass is 35.5. The SMILES string of the molecule is CC1=CN=N[N+]1(Cc1ccc(Cl)c(Cl)c1)c1nc(C)c(C(=O)N2CCOCC2)s1. The smallest absolute Gasteiger partial charge is 0.320 e. The molecule has 1 atom stereocenters. The molecule has 3 heterocycles. The van der Waals surface area contributed by atoms with Crippen LogP contribution in [0.1, 0.15) is 27.9 Å². The first-order chi connectivity index (χ1) is 13.9. The number of carbonyl (C=O) groups excluding carboxylic acids is 1. The van der Waals surface area contributed by atoms with E-state index in [2.05, 4.69) is 10.3 Å². The summed E-state index contributed by atoms with van der Waals surface area (Å²) in [6.07, 6.45) is 1.72. The topological polar surface area (TPSA) is 67.2 Å². The van der Waals surface area contributed by atoms with E-state index in [-0.39, 0.29) is 10.5 Å². The number of thiazole rings is 1. The zero-order valence-electron chi connectivity index (χ0n) is 16.1. The number of benzene rings is 1. The van der Waals surface area contributed by atoms with E-state index in [9.17, 15) is 4.79 Å². The number of allylic oxidation sites excluding steroid dienone is 1. The summed E-state index contributed by atoms with van der Waals surface area (Å²) in [6, 6.07) is 5.50. The molecular formula is C19H20Cl2N5O2S+. The van der Waals surface area contributed by atoms with Gasteiger partial charge in [0.25, 0.3) is 5.91 Å². The van der Waals surface area contributed by atoms with Crippen molar-refractivity contribution in [2.75, 3.05) is 26.3 Å². The van der Waals surface area contributed by atoms with Gasteiger partial charge in [-0.25, -0.2) is 0 Å². The van der Waals surface area contributed by atoms with E-state index in [1.165, 1.54) is 11.3 Å². The fraction of sp³-hybridized carbons (Fsp3) is 0.368. The van der Waals surface area contributed by atoms with E-state index in [0.717, 1.165) is 11.3 Å². The molecule has 0 bridgehead atoms. The van der Waals surface area contributed by atoms with Crippen molar-refractivity contribution in [3.05, 3.63) is 56.3 Å². The van der Waals surface area contributed by atoms with E-state index >= 15 is 0 Å². The molecule has 29 heavy (non-hydrogen) atoms. The molecule has 0 aliphatic carbocycles. The summed E-state index contributed by atoms with van der Waals surface area (Å²) < 4.78 is 5.44. The molecule has 1 aromatic heterocycles. The largest absolute Gasteiger partial charge is 0.378 e. The van der Waals surface area contributed by atoms with Gasteiger partial charge < -0.3 is 9.64 Å². The van der Waals surface area contributed by atoms with E-state index in [0.29, 0.717) is 58.6 Å². The van der Waals surface area contributed by atoms with Crippen molar-refractivity contribution >= 4 is 45.6 Å². The summed E-state index contributed by atoms with van der Waals surface area (Å²) in [4.78, 5) is 20.2. The summed E-state index contributed by atoms with van der Waals surface area (Å²) in [5.41, 5.74) is 2.56. The first-order valence-electron chi connectivity index (χ1n) is 9.17. The van der Waals surface area contributed by atoms with Crippen LogP contribution in [-0.2, 0) is 11.3 Å². The lowest BCUT2D eigenvalue weighted by molar-refractivity contribution is 0.0305. The van der Waals surface area contributed by atoms with Crippen molar-refractivity contribution in [3.63, 3.8) is 0 Å². The molecule has 0 N–H and O–H groups in total. The molecule has 1 unspecified atom stereocenters. The Balaban J connectivity index is 1.69. The summed E-state index contributed by atoms with van der Waals surface area (Å²) in [5, 5.41) is 10.3. The van der Waals surface area contributed by atoms with Gasteiger partial charge in [0.05, 0.1) is 29.0 Å². The zero-order valence-corrected chi connectivity index (χ0v) is 18.4. The van der Waals surface area contributed by atoms with Gasteiger partial charge in [0.15, 0.2) is 5.70 Å². The predicted octanol–water partition coefficient (Wildman–Crippen LogP) is 4.98. The third kappa shape index (κ3) is 3.83. The highest BCUT2D eigenvalue weighted by Crippen LogP contribution is 2.40. The Morgan fingerprint density at radius 2 is 2.00 bits per heavy atom. The van der Waals surface area contributed by atoms with Gasteiger partial charge in [-0.05, 0) is 30.4 Å². The molecule has 2 aromatic rings. The molecular weight excluding hydrogens is 433 g/mol. The molecule has 0 radical (unpaired) electrons. The fourth-order valence-electron chi connectivity index (χ4n) is 3.33. The van der Waals surface area contributed by atoms with Crippen LogP contribution in [0.2, 0.25) is 10.0 Å². The lowest BCUT2D eigenvalue weighted by Crippen LogP contribution is -2.40. The van der Waals surface area contributed by atoms with Crippen molar-refractivity contribution < 1.29 is 9.53 Å². The number of nitrogens with zero attached hydrogens (tertiary/aromatic N) is 5. The second kappa shape index (κ2) is 8.12. The first-order valence-corrected chi connectivity index (χ1v) is 10.7. The molecule has 0 saturated carbocycles. The molecule has 1 aromatic carbocycles. The Bertz CT molecular complexity index is 1020. The van der Waals surface area contributed by atoms with Gasteiger partial charge in [-0.15, -0.1) is 5.11 Å². The van der Waals surface area contributed by atoms with Gasteiger partial charge in [0, 0.05) is 30.8 Å². The molecule has 0 spiro atoms. The van der Waals surface area contributed by atoms with Crippen molar-refractivity contribution in [3.8, 4) is 0 Å². The number of carbonyl (C=O) groups is 1. The number of quaternary nitrogens is 1. The monoisotopic (exact) mass is 452 g/mol. The Hall–Kier alpha value is -1.84. The summed E-state index contributed by atoms with van der Waals surface area (Å²) >= 11 is 13.6. The number of halogens is 2. The van der Waals surface area contributed by atoms with E-state index in [4.69, 9.17) is 32.9 Å². The number of rotatable bonds is 4. The Kier molecular flexibility index (Phi) is 5.72. The van der Waals surface area contributed by atoms with Crippen molar-refractivity contribution in [2.24, 2.45) is 10.3 Å². The summed E-state index contributed by atoms with van der Waals surface area (Å²) in [6.45, 7) is 6.59. The van der Waals surface area contributed by atoms with Gasteiger partial charge in [-0.1, -0.05) is 33.9 Å². The van der Waals surface area contributed by atoms with Crippen LogP contribution in [0.15, 0.2) is 40.4 Å². The minimum atomic E-state index is -0.0139. The zero-order chi connectivity index (χ0) is 20.6. The van der Waals surface area contributed by atoms with E-state index in [1.54, 1.807) is 12.3 Å². The first kappa shape index (κ1) is 20.4. The average molecular weight is 453 g/mol. The second-order valence-electron chi connectivity index (χ2n) is 6.97. The third-order valence-electron chi connectivity index (χ3n) is 5.02. The maximum Gasteiger partial charge on any atom is 0.320 e. The maximum atomic E-state index is 13.0. The highest BCUT2D eigenvalue weighted by molar-refractivity contribution is 7.17. The predicted molar refractivity (Wildman–Crippen MR) is 114 cm³/mol. The number of aromatic nitrogens is 1. The minimum Gasteiger partial charge on any atom is -0.378 e. The van der Waals surface area contributed by atoms with Crippen molar-refractivity contribution in [1.82, 2.24) is 14.5 Å². The Morgan fingerprint density at radius 3 is 2.66 bits per heavy atom. The minimum absolute atomic E-state index is 0.0139. The van der Waals surface area contributed by atoms with Crippen LogP contribution in [0.25, 0.3) is 0 Å². The van der Waals surface area contributed by atoms with Crippen LogP contribution in [-0.4, -0.2) is 42.1 Å². The van der Waals surface area contributed by atoms with Gasteiger partial charge in [0.2, 0.25) is 0 Å². The summed E-state index contributed by atoms with van der Waals surface area (Å²) in [7, 11) is 0. The normalized spacial score (nSPS) is 21.5. The molecule has 1 saturated heterocycles. The molecule has 2 aliphatic rings. The van der Waals surface area contributed by atoms with Gasteiger partial charge in [0.1, 0.15) is 17.6 Å². The van der Waals surface area contributed by atoms with E-state index in [1.807, 2.05) is 30.9 Å². The van der Waals surface area contributed by atoms with Crippen molar-refractivity contribution in [2.45, 2.75) is 20.4 Å². The number of amides is 1. The maximum absolute atomic E-state index is 13.0. The molecule has 1 amide bonds. The molecule has 4 rings (SSSR count). The lowest BCUT2D eigenvalue weighted by atomic mass is 10.2. The molecule has 152 valence electrons. The quantitative estimate of drug-likeness (QED) is 0.614. The van der Waals surface area contributed by atoms with Gasteiger partial charge in [-0.3, -0.25) is 4.79 Å². The van der Waals surface area contributed by atoms with Crippen LogP contribution in [0.5, 0.6) is 0 Å². The number of aryl methyl sites for hydroxylation is 1. The average Bonchev–Trinajstić information content (AvgIpc) is 3.28. The highest BCUT2D eigenvalue weighted by Gasteiger charge is 2.43.